The van der Waals surface area contributed by atoms with E-state index in [1.165, 1.54) is 26.4 Å². The van der Waals surface area contributed by atoms with E-state index in [2.05, 4.69) is 0 Å². The summed E-state index contributed by atoms with van der Waals surface area (Å²) >= 11 is 6.19. The van der Waals surface area contributed by atoms with Gasteiger partial charge in [0.05, 0.1) is 25.2 Å². The fourth-order valence-electron chi connectivity index (χ4n) is 2.35. The van der Waals surface area contributed by atoms with Gasteiger partial charge >= 0.3 is 0 Å². The molecular weight excluding hydrogens is 320 g/mol. The Morgan fingerprint density at radius 2 is 1.78 bits per heavy atom. The number of phenols is 1. The average molecular weight is 333 g/mol. The second kappa shape index (κ2) is 5.85. The van der Waals surface area contributed by atoms with Crippen molar-refractivity contribution in [3.05, 3.63) is 51.6 Å². The van der Waals surface area contributed by atoms with E-state index in [1.807, 2.05) is 0 Å². The van der Waals surface area contributed by atoms with E-state index in [1.54, 1.807) is 24.3 Å². The minimum absolute atomic E-state index is 0.0773. The van der Waals surface area contributed by atoms with Crippen molar-refractivity contribution >= 4 is 22.6 Å². The molecule has 1 heterocycles. The monoisotopic (exact) mass is 332 g/mol. The van der Waals surface area contributed by atoms with Crippen molar-refractivity contribution in [1.29, 1.82) is 0 Å². The predicted molar refractivity (Wildman–Crippen MR) is 87.7 cm³/mol. The average Bonchev–Trinajstić information content (AvgIpc) is 2.58. The number of hydrogen-bond acceptors (Lipinski definition) is 5. The maximum Gasteiger partial charge on any atom is 0.211 e. The van der Waals surface area contributed by atoms with Crippen molar-refractivity contribution in [1.82, 2.24) is 0 Å². The third kappa shape index (κ3) is 2.49. The Balaban J connectivity index is 2.35. The van der Waals surface area contributed by atoms with Crippen molar-refractivity contribution in [3.63, 3.8) is 0 Å². The van der Waals surface area contributed by atoms with Gasteiger partial charge in [0.1, 0.15) is 16.4 Å². The van der Waals surface area contributed by atoms with E-state index in [9.17, 15) is 9.90 Å². The van der Waals surface area contributed by atoms with Crippen molar-refractivity contribution in [3.8, 4) is 28.6 Å². The van der Waals surface area contributed by atoms with Gasteiger partial charge in [-0.15, -0.1) is 0 Å². The van der Waals surface area contributed by atoms with Gasteiger partial charge < -0.3 is 19.0 Å². The summed E-state index contributed by atoms with van der Waals surface area (Å²) < 4.78 is 16.1. The Labute approximate surface area is 136 Å². The molecule has 5 nitrogen and oxygen atoms in total. The molecule has 0 fully saturated rings. The lowest BCUT2D eigenvalue weighted by Gasteiger charge is -2.12. The van der Waals surface area contributed by atoms with Crippen LogP contribution in [-0.2, 0) is 0 Å². The smallest absolute Gasteiger partial charge is 0.211 e. The summed E-state index contributed by atoms with van der Waals surface area (Å²) in [5.41, 5.74) is 0.411. The second-order valence-electron chi connectivity index (χ2n) is 4.79. The van der Waals surface area contributed by atoms with Gasteiger partial charge in [-0.2, -0.15) is 0 Å². The van der Waals surface area contributed by atoms with E-state index >= 15 is 0 Å². The number of phenolic OH excluding ortho intramolecular Hbond substituents is 1. The quantitative estimate of drug-likeness (QED) is 0.789. The van der Waals surface area contributed by atoms with Crippen molar-refractivity contribution in [2.45, 2.75) is 0 Å². The summed E-state index contributed by atoms with van der Waals surface area (Å²) in [6, 6.07) is 9.68. The number of para-hydroxylation sites is 1. The van der Waals surface area contributed by atoms with E-state index in [0.717, 1.165) is 0 Å². The molecule has 0 saturated heterocycles. The Morgan fingerprint density at radius 1 is 1.09 bits per heavy atom. The number of halogens is 1. The van der Waals surface area contributed by atoms with Crippen LogP contribution in [0.25, 0.3) is 22.3 Å². The second-order valence-corrected chi connectivity index (χ2v) is 5.17. The van der Waals surface area contributed by atoms with Crippen LogP contribution in [0.15, 0.2) is 45.6 Å². The van der Waals surface area contributed by atoms with Crippen LogP contribution in [-0.4, -0.2) is 19.3 Å². The molecule has 0 aliphatic carbocycles. The number of rotatable bonds is 3. The number of methoxy groups -OCH3 is 2. The van der Waals surface area contributed by atoms with Crippen LogP contribution >= 0.6 is 11.6 Å². The van der Waals surface area contributed by atoms with Gasteiger partial charge in [-0.05, 0) is 18.2 Å². The molecule has 0 amide bonds. The van der Waals surface area contributed by atoms with Crippen LogP contribution in [0.4, 0.5) is 0 Å². The molecule has 3 rings (SSSR count). The van der Waals surface area contributed by atoms with Crippen LogP contribution < -0.4 is 14.9 Å². The molecule has 2 aromatic carbocycles. The van der Waals surface area contributed by atoms with Gasteiger partial charge in [-0.3, -0.25) is 4.79 Å². The molecule has 0 saturated carbocycles. The lowest BCUT2D eigenvalue weighted by Crippen LogP contribution is -2.04. The zero-order chi connectivity index (χ0) is 16.6. The Kier molecular flexibility index (Phi) is 3.88. The third-order valence-corrected chi connectivity index (χ3v) is 3.83. The Bertz CT molecular complexity index is 946. The summed E-state index contributed by atoms with van der Waals surface area (Å²) in [5.74, 6) is 0.616. The highest BCUT2D eigenvalue weighted by Gasteiger charge is 2.20. The lowest BCUT2D eigenvalue weighted by molar-refractivity contribution is 0.364. The first kappa shape index (κ1) is 15.2. The highest BCUT2D eigenvalue weighted by atomic mass is 35.5. The first-order valence-corrected chi connectivity index (χ1v) is 7.11. The first-order chi connectivity index (χ1) is 11.1. The minimum atomic E-state index is -0.346. The van der Waals surface area contributed by atoms with E-state index in [-0.39, 0.29) is 27.7 Å². The molecular formula is C17H13ClO5. The molecule has 0 spiro atoms. The van der Waals surface area contributed by atoms with Gasteiger partial charge in [-0.25, -0.2) is 0 Å². The number of ether oxygens (including phenoxy) is 2. The van der Waals surface area contributed by atoms with Crippen molar-refractivity contribution in [2.75, 3.05) is 14.2 Å². The molecule has 6 heteroatoms. The van der Waals surface area contributed by atoms with E-state index in [0.29, 0.717) is 22.3 Å². The summed E-state index contributed by atoms with van der Waals surface area (Å²) in [6.07, 6.45) is 0. The molecule has 1 N–H and O–H groups in total. The molecule has 3 aromatic rings. The van der Waals surface area contributed by atoms with Gasteiger partial charge in [0.2, 0.25) is 5.43 Å². The summed E-state index contributed by atoms with van der Waals surface area (Å²) in [5, 5.41) is 10.3. The zero-order valence-electron chi connectivity index (χ0n) is 12.4. The topological polar surface area (TPSA) is 68.9 Å². The maximum absolute atomic E-state index is 12.4. The number of benzene rings is 2. The van der Waals surface area contributed by atoms with E-state index < -0.39 is 0 Å². The number of hydrogen-bond donors (Lipinski definition) is 1. The molecule has 0 atom stereocenters. The standard InChI is InChI=1S/C17H13ClO5/c1-21-13-8-14(22-2)11(19)7-10(13)17-15(18)16(20)9-5-3-4-6-12(9)23-17/h3-8,19H,1-2H3. The maximum atomic E-state index is 12.4. The lowest BCUT2D eigenvalue weighted by atomic mass is 10.1. The first-order valence-electron chi connectivity index (χ1n) is 6.73. The zero-order valence-corrected chi connectivity index (χ0v) is 13.2. The molecule has 0 bridgehead atoms. The van der Waals surface area contributed by atoms with Crippen molar-refractivity contribution < 1.29 is 19.0 Å². The van der Waals surface area contributed by atoms with Gasteiger partial charge in [0.15, 0.2) is 17.3 Å². The van der Waals surface area contributed by atoms with Crippen LogP contribution in [0.1, 0.15) is 0 Å². The van der Waals surface area contributed by atoms with Crippen molar-refractivity contribution in [2.24, 2.45) is 0 Å². The third-order valence-electron chi connectivity index (χ3n) is 3.49. The Hall–Kier alpha value is -2.66. The van der Waals surface area contributed by atoms with Crippen LogP contribution in [0.2, 0.25) is 5.02 Å². The molecule has 0 aliphatic heterocycles. The summed E-state index contributed by atoms with van der Waals surface area (Å²) in [7, 11) is 2.89. The largest absolute Gasteiger partial charge is 0.504 e. The van der Waals surface area contributed by atoms with Crippen LogP contribution in [0, 0.1) is 0 Å². The normalized spacial score (nSPS) is 10.7. The van der Waals surface area contributed by atoms with Gasteiger partial charge in [0.25, 0.3) is 0 Å². The minimum Gasteiger partial charge on any atom is -0.504 e. The summed E-state index contributed by atoms with van der Waals surface area (Å²) in [4.78, 5) is 12.4. The Morgan fingerprint density at radius 3 is 2.48 bits per heavy atom. The molecule has 23 heavy (non-hydrogen) atoms. The van der Waals surface area contributed by atoms with Crippen LogP contribution in [0.3, 0.4) is 0 Å². The molecule has 1 aromatic heterocycles. The van der Waals surface area contributed by atoms with Gasteiger partial charge in [-0.1, -0.05) is 23.7 Å². The SMILES string of the molecule is COc1cc(OC)c(-c2oc3ccccc3c(=O)c2Cl)cc1O. The molecule has 0 unspecified atom stereocenters. The molecule has 0 radical (unpaired) electrons. The fourth-order valence-corrected chi connectivity index (χ4v) is 2.59. The van der Waals surface area contributed by atoms with E-state index in [4.69, 9.17) is 25.5 Å². The van der Waals surface area contributed by atoms with Crippen LogP contribution in [0.5, 0.6) is 17.2 Å². The predicted octanol–water partition coefficient (Wildman–Crippen LogP) is 3.84. The molecule has 0 aliphatic rings. The fraction of sp³-hybridized carbons (Fsp3) is 0.118. The molecule has 118 valence electrons. The summed E-state index contributed by atoms with van der Waals surface area (Å²) in [6.45, 7) is 0. The number of fused-ring (bicyclic) bond motifs is 1. The number of aromatic hydroxyl groups is 1. The highest BCUT2D eigenvalue weighted by Crippen LogP contribution is 2.41. The van der Waals surface area contributed by atoms with Gasteiger partial charge in [0, 0.05) is 6.07 Å². The highest BCUT2D eigenvalue weighted by molar-refractivity contribution is 6.33.